The Hall–Kier alpha value is -2.10. The summed E-state index contributed by atoms with van der Waals surface area (Å²) in [7, 11) is 1.85. The van der Waals surface area contributed by atoms with Gasteiger partial charge in [-0.05, 0) is 11.6 Å². The van der Waals surface area contributed by atoms with Crippen molar-refractivity contribution in [2.75, 3.05) is 0 Å². The van der Waals surface area contributed by atoms with Crippen LogP contribution < -0.4 is 0 Å². The normalized spacial score (nSPS) is 11.6. The average Bonchev–Trinajstić information content (AvgIpc) is 2.71. The van der Waals surface area contributed by atoms with Crippen LogP contribution in [-0.4, -0.2) is 20.9 Å². The third-order valence-corrected chi connectivity index (χ3v) is 2.99. The molecule has 0 unspecified atom stereocenters. The zero-order valence-corrected chi connectivity index (χ0v) is 11.6. The molecule has 19 heavy (non-hydrogen) atoms. The number of nitrogens with zero attached hydrogens (tertiary/aromatic N) is 2. The number of hydrogen-bond donors (Lipinski definition) is 1. The molecule has 2 aromatic rings. The number of carboxylic acid groups (broad SMARTS) is 1. The Morgan fingerprint density at radius 2 is 1.84 bits per heavy atom. The van der Waals surface area contributed by atoms with E-state index in [1.165, 1.54) is 0 Å². The lowest BCUT2D eigenvalue weighted by molar-refractivity contribution is 0.0697. The zero-order valence-electron chi connectivity index (χ0n) is 11.6. The first-order valence-corrected chi connectivity index (χ1v) is 6.17. The second kappa shape index (κ2) is 4.53. The van der Waals surface area contributed by atoms with Crippen molar-refractivity contribution in [2.45, 2.75) is 26.2 Å². The molecule has 0 aliphatic heterocycles. The van der Waals surface area contributed by atoms with Crippen LogP contribution in [0.2, 0.25) is 0 Å². The first-order chi connectivity index (χ1) is 8.80. The number of aromatic carboxylic acids is 1. The van der Waals surface area contributed by atoms with Gasteiger partial charge in [0.05, 0.1) is 11.3 Å². The van der Waals surface area contributed by atoms with E-state index in [-0.39, 0.29) is 5.41 Å². The molecule has 0 saturated heterocycles. The Labute approximate surface area is 112 Å². The summed E-state index contributed by atoms with van der Waals surface area (Å²) in [6.07, 6.45) is 1.88. The van der Waals surface area contributed by atoms with Gasteiger partial charge in [0.25, 0.3) is 0 Å². The highest BCUT2D eigenvalue weighted by molar-refractivity contribution is 5.96. The van der Waals surface area contributed by atoms with E-state index < -0.39 is 5.97 Å². The van der Waals surface area contributed by atoms with Crippen molar-refractivity contribution in [3.63, 3.8) is 0 Å². The van der Waals surface area contributed by atoms with Crippen LogP contribution in [0.4, 0.5) is 0 Å². The number of benzene rings is 1. The summed E-state index contributed by atoms with van der Waals surface area (Å²) in [5.74, 6) is -0.917. The Kier molecular flexibility index (Phi) is 3.18. The number of aromatic nitrogens is 2. The molecule has 0 bridgehead atoms. The minimum atomic E-state index is -0.917. The minimum Gasteiger partial charge on any atom is -0.478 e. The molecule has 4 nitrogen and oxygen atoms in total. The average molecular weight is 258 g/mol. The number of hydrogen-bond acceptors (Lipinski definition) is 2. The second-order valence-corrected chi connectivity index (χ2v) is 5.67. The van der Waals surface area contributed by atoms with E-state index >= 15 is 0 Å². The van der Waals surface area contributed by atoms with Gasteiger partial charge in [-0.3, -0.25) is 4.68 Å². The Balaban J connectivity index is 2.70. The summed E-state index contributed by atoms with van der Waals surface area (Å²) in [6.45, 7) is 6.21. The van der Waals surface area contributed by atoms with Crippen LogP contribution in [0.3, 0.4) is 0 Å². The van der Waals surface area contributed by atoms with Gasteiger partial charge in [0.1, 0.15) is 0 Å². The second-order valence-electron chi connectivity index (χ2n) is 5.67. The summed E-state index contributed by atoms with van der Waals surface area (Å²) in [5, 5.41) is 13.8. The van der Waals surface area contributed by atoms with Gasteiger partial charge in [0, 0.05) is 24.2 Å². The lowest BCUT2D eigenvalue weighted by Crippen LogP contribution is -2.14. The largest absolute Gasteiger partial charge is 0.478 e. The fraction of sp³-hybridized carbons (Fsp3) is 0.333. The van der Waals surface area contributed by atoms with Crippen molar-refractivity contribution < 1.29 is 9.90 Å². The topological polar surface area (TPSA) is 55.1 Å². The number of rotatable bonds is 2. The summed E-state index contributed by atoms with van der Waals surface area (Å²) < 4.78 is 1.73. The molecule has 1 aromatic heterocycles. The smallest absolute Gasteiger partial charge is 0.336 e. The fourth-order valence-corrected chi connectivity index (χ4v) is 2.14. The van der Waals surface area contributed by atoms with Crippen molar-refractivity contribution in [2.24, 2.45) is 7.05 Å². The zero-order chi connectivity index (χ0) is 14.2. The Morgan fingerprint density at radius 3 is 2.42 bits per heavy atom. The van der Waals surface area contributed by atoms with Crippen molar-refractivity contribution in [1.29, 1.82) is 0 Å². The molecule has 2 rings (SSSR count). The number of carboxylic acids is 1. The maximum absolute atomic E-state index is 11.3. The molecule has 0 aliphatic carbocycles. The molecule has 100 valence electrons. The van der Waals surface area contributed by atoms with Gasteiger partial charge in [0.2, 0.25) is 0 Å². The van der Waals surface area contributed by atoms with Crippen molar-refractivity contribution in [3.8, 4) is 11.1 Å². The maximum atomic E-state index is 11.3. The van der Waals surface area contributed by atoms with Gasteiger partial charge in [0.15, 0.2) is 0 Å². The molecular weight excluding hydrogens is 240 g/mol. The van der Waals surface area contributed by atoms with Gasteiger partial charge < -0.3 is 5.11 Å². The van der Waals surface area contributed by atoms with E-state index in [1.54, 1.807) is 16.8 Å². The molecule has 0 amide bonds. The van der Waals surface area contributed by atoms with Crippen molar-refractivity contribution in [3.05, 3.63) is 41.7 Å². The molecule has 0 radical (unpaired) electrons. The predicted octanol–water partition coefficient (Wildman–Crippen LogP) is 3.08. The van der Waals surface area contributed by atoms with Crippen LogP contribution in [0.1, 0.15) is 36.8 Å². The van der Waals surface area contributed by atoms with Gasteiger partial charge in [-0.1, -0.05) is 39.0 Å². The third-order valence-electron chi connectivity index (χ3n) is 2.99. The molecule has 0 fully saturated rings. The molecule has 0 spiro atoms. The van der Waals surface area contributed by atoms with Gasteiger partial charge in [-0.25, -0.2) is 4.79 Å². The van der Waals surface area contributed by atoms with E-state index in [0.717, 1.165) is 11.3 Å². The van der Waals surface area contributed by atoms with Crippen molar-refractivity contribution >= 4 is 5.97 Å². The number of aryl methyl sites for hydroxylation is 1. The Morgan fingerprint density at radius 1 is 1.21 bits per heavy atom. The lowest BCUT2D eigenvalue weighted by Gasteiger charge is -2.18. The quantitative estimate of drug-likeness (QED) is 0.900. The maximum Gasteiger partial charge on any atom is 0.336 e. The van der Waals surface area contributed by atoms with Crippen LogP contribution in [0.25, 0.3) is 11.1 Å². The highest BCUT2D eigenvalue weighted by atomic mass is 16.4. The summed E-state index contributed by atoms with van der Waals surface area (Å²) in [5.41, 5.74) is 2.67. The summed E-state index contributed by atoms with van der Waals surface area (Å²) in [6, 6.07) is 7.04. The summed E-state index contributed by atoms with van der Waals surface area (Å²) >= 11 is 0. The molecule has 1 N–H and O–H groups in total. The monoisotopic (exact) mass is 258 g/mol. The van der Waals surface area contributed by atoms with Crippen LogP contribution in [0.5, 0.6) is 0 Å². The van der Waals surface area contributed by atoms with Crippen LogP contribution in [0, 0.1) is 0 Å². The lowest BCUT2D eigenvalue weighted by atomic mass is 9.86. The molecule has 0 aliphatic rings. The van der Waals surface area contributed by atoms with E-state index in [4.69, 9.17) is 0 Å². The SMILES string of the molecule is Cn1cc(-c2ccccc2C(=O)O)c(C(C)(C)C)n1. The minimum absolute atomic E-state index is 0.137. The Bertz CT molecular complexity index is 621. The first kappa shape index (κ1) is 13.3. The van der Waals surface area contributed by atoms with E-state index in [2.05, 4.69) is 25.9 Å². The third kappa shape index (κ3) is 2.52. The highest BCUT2D eigenvalue weighted by Crippen LogP contribution is 2.33. The van der Waals surface area contributed by atoms with E-state index in [0.29, 0.717) is 11.1 Å². The van der Waals surface area contributed by atoms with Crippen LogP contribution in [-0.2, 0) is 12.5 Å². The highest BCUT2D eigenvalue weighted by Gasteiger charge is 2.24. The molecular formula is C15H18N2O2. The molecule has 0 atom stereocenters. The van der Waals surface area contributed by atoms with Crippen LogP contribution in [0.15, 0.2) is 30.5 Å². The van der Waals surface area contributed by atoms with Gasteiger partial charge >= 0.3 is 5.97 Å². The standard InChI is InChI=1S/C15H18N2O2/c1-15(2,3)13-12(9-17(4)16-13)10-7-5-6-8-11(10)14(18)19/h5-9H,1-4H3,(H,18,19). The van der Waals surface area contributed by atoms with Crippen molar-refractivity contribution in [1.82, 2.24) is 9.78 Å². The van der Waals surface area contributed by atoms with Gasteiger partial charge in [-0.2, -0.15) is 5.10 Å². The molecule has 4 heteroatoms. The summed E-state index contributed by atoms with van der Waals surface area (Å²) in [4.78, 5) is 11.3. The molecule has 1 aromatic carbocycles. The van der Waals surface area contributed by atoms with E-state index in [1.807, 2.05) is 25.4 Å². The number of carbonyl (C=O) groups is 1. The fourth-order valence-electron chi connectivity index (χ4n) is 2.14. The predicted molar refractivity (Wildman–Crippen MR) is 74.3 cm³/mol. The molecule has 1 heterocycles. The van der Waals surface area contributed by atoms with Gasteiger partial charge in [-0.15, -0.1) is 0 Å². The van der Waals surface area contributed by atoms with E-state index in [9.17, 15) is 9.90 Å². The first-order valence-electron chi connectivity index (χ1n) is 6.17. The molecule has 0 saturated carbocycles. The van der Waals surface area contributed by atoms with Crippen LogP contribution >= 0.6 is 0 Å².